The average molecular weight is 399 g/mol. The molecule has 0 radical (unpaired) electrons. The summed E-state index contributed by atoms with van der Waals surface area (Å²) in [5, 5.41) is 7.18. The van der Waals surface area contributed by atoms with Crippen molar-refractivity contribution in [1.29, 1.82) is 0 Å². The fourth-order valence-corrected chi connectivity index (χ4v) is 3.06. The Morgan fingerprint density at radius 2 is 1.90 bits per heavy atom. The van der Waals surface area contributed by atoms with E-state index in [1.807, 2.05) is 56.6 Å². The van der Waals surface area contributed by atoms with Crippen molar-refractivity contribution in [1.82, 2.24) is 25.1 Å². The third-order valence-corrected chi connectivity index (χ3v) is 4.60. The van der Waals surface area contributed by atoms with E-state index in [4.69, 9.17) is 4.74 Å². The molecule has 1 atom stereocenters. The molecule has 150 valence electrons. The standard InChI is InChI=1S/C23H21N5O2/c1-16(27-22(29)17-7-4-3-5-8-17)20-9-6-11-25-23(20)30-19-10-12-24-21(13-19)18-14-26-28(2)15-18/h3-16H,1-2H3,(H,27,29). The van der Waals surface area contributed by atoms with E-state index in [1.54, 1.807) is 41.5 Å². The van der Waals surface area contributed by atoms with E-state index in [0.717, 1.165) is 16.8 Å². The molecule has 3 heterocycles. The second-order valence-electron chi connectivity index (χ2n) is 6.84. The van der Waals surface area contributed by atoms with E-state index in [-0.39, 0.29) is 11.9 Å². The van der Waals surface area contributed by atoms with Gasteiger partial charge in [0.05, 0.1) is 17.9 Å². The summed E-state index contributed by atoms with van der Waals surface area (Å²) in [6.07, 6.45) is 6.98. The van der Waals surface area contributed by atoms with E-state index in [2.05, 4.69) is 20.4 Å². The number of carbonyl (C=O) groups is 1. The number of nitrogens with one attached hydrogen (secondary N) is 1. The van der Waals surface area contributed by atoms with Gasteiger partial charge in [-0.2, -0.15) is 5.10 Å². The average Bonchev–Trinajstić information content (AvgIpc) is 3.21. The first kappa shape index (κ1) is 19.3. The summed E-state index contributed by atoms with van der Waals surface area (Å²) in [6.45, 7) is 1.90. The van der Waals surface area contributed by atoms with Gasteiger partial charge in [0.1, 0.15) is 5.75 Å². The van der Waals surface area contributed by atoms with Gasteiger partial charge in [0, 0.05) is 48.4 Å². The Labute approximate surface area is 174 Å². The van der Waals surface area contributed by atoms with Crippen LogP contribution in [0.5, 0.6) is 11.6 Å². The van der Waals surface area contributed by atoms with E-state index < -0.39 is 0 Å². The Morgan fingerprint density at radius 1 is 1.07 bits per heavy atom. The van der Waals surface area contributed by atoms with Gasteiger partial charge in [-0.15, -0.1) is 0 Å². The topological polar surface area (TPSA) is 81.9 Å². The molecule has 0 aliphatic rings. The van der Waals surface area contributed by atoms with Crippen molar-refractivity contribution >= 4 is 5.91 Å². The molecule has 1 amide bonds. The second kappa shape index (κ2) is 8.57. The molecule has 0 aliphatic carbocycles. The zero-order chi connectivity index (χ0) is 20.9. The van der Waals surface area contributed by atoms with Gasteiger partial charge in [-0.3, -0.25) is 14.5 Å². The van der Waals surface area contributed by atoms with Gasteiger partial charge in [0.2, 0.25) is 5.88 Å². The lowest BCUT2D eigenvalue weighted by Crippen LogP contribution is -2.27. The lowest BCUT2D eigenvalue weighted by atomic mass is 10.1. The first-order chi connectivity index (χ1) is 14.6. The van der Waals surface area contributed by atoms with E-state index >= 15 is 0 Å². The Balaban J connectivity index is 1.54. The van der Waals surface area contributed by atoms with Crippen LogP contribution < -0.4 is 10.1 Å². The lowest BCUT2D eigenvalue weighted by Gasteiger charge is -2.17. The van der Waals surface area contributed by atoms with Crippen LogP contribution in [0.3, 0.4) is 0 Å². The number of aryl methyl sites for hydroxylation is 1. The molecule has 1 N–H and O–H groups in total. The lowest BCUT2D eigenvalue weighted by molar-refractivity contribution is 0.0939. The number of nitrogens with zero attached hydrogens (tertiary/aromatic N) is 4. The van der Waals surface area contributed by atoms with Crippen LogP contribution in [0, 0.1) is 0 Å². The first-order valence-electron chi connectivity index (χ1n) is 9.54. The van der Waals surface area contributed by atoms with E-state index in [1.165, 1.54) is 0 Å². The Morgan fingerprint density at radius 3 is 2.67 bits per heavy atom. The van der Waals surface area contributed by atoms with Crippen LogP contribution in [0.25, 0.3) is 11.3 Å². The zero-order valence-electron chi connectivity index (χ0n) is 16.7. The number of hydrogen-bond donors (Lipinski definition) is 1. The van der Waals surface area contributed by atoms with Crippen LogP contribution in [0.1, 0.15) is 28.9 Å². The number of amides is 1. The summed E-state index contributed by atoms with van der Waals surface area (Å²) in [7, 11) is 1.86. The first-order valence-corrected chi connectivity index (χ1v) is 9.54. The van der Waals surface area contributed by atoms with Crippen LogP contribution >= 0.6 is 0 Å². The quantitative estimate of drug-likeness (QED) is 0.526. The van der Waals surface area contributed by atoms with Gasteiger partial charge in [0.15, 0.2) is 0 Å². The van der Waals surface area contributed by atoms with Crippen LogP contribution in [0.15, 0.2) is 79.4 Å². The number of carbonyl (C=O) groups excluding carboxylic acids is 1. The van der Waals surface area contributed by atoms with Gasteiger partial charge in [-0.05, 0) is 31.2 Å². The summed E-state index contributed by atoms with van der Waals surface area (Å²) in [6, 6.07) is 16.1. The predicted molar refractivity (Wildman–Crippen MR) is 113 cm³/mol. The van der Waals surface area contributed by atoms with Crippen molar-refractivity contribution < 1.29 is 9.53 Å². The monoisotopic (exact) mass is 399 g/mol. The molecule has 4 rings (SSSR count). The van der Waals surface area contributed by atoms with Crippen molar-refractivity contribution in [2.45, 2.75) is 13.0 Å². The van der Waals surface area contributed by atoms with Crippen LogP contribution in [-0.2, 0) is 7.05 Å². The Hall–Kier alpha value is -4.00. The molecule has 7 nitrogen and oxygen atoms in total. The van der Waals surface area contributed by atoms with Crippen molar-refractivity contribution in [3.63, 3.8) is 0 Å². The second-order valence-corrected chi connectivity index (χ2v) is 6.84. The molecule has 3 aromatic heterocycles. The zero-order valence-corrected chi connectivity index (χ0v) is 16.7. The predicted octanol–water partition coefficient (Wildman–Crippen LogP) is 4.16. The molecule has 4 aromatic rings. The van der Waals surface area contributed by atoms with Crippen molar-refractivity contribution in [3.05, 3.63) is 90.5 Å². The van der Waals surface area contributed by atoms with Crippen molar-refractivity contribution in [2.75, 3.05) is 0 Å². The summed E-state index contributed by atoms with van der Waals surface area (Å²) in [5.74, 6) is 0.882. The SMILES string of the molecule is CC(NC(=O)c1ccccc1)c1cccnc1Oc1ccnc(-c2cnn(C)c2)c1. The normalized spacial score (nSPS) is 11.7. The highest BCUT2D eigenvalue weighted by molar-refractivity contribution is 5.94. The number of benzene rings is 1. The minimum Gasteiger partial charge on any atom is -0.439 e. The maximum absolute atomic E-state index is 12.5. The fraction of sp³-hybridized carbons (Fsp3) is 0.130. The van der Waals surface area contributed by atoms with Crippen LogP contribution in [0.2, 0.25) is 0 Å². The highest BCUT2D eigenvalue weighted by Crippen LogP contribution is 2.29. The molecule has 0 bridgehead atoms. The van der Waals surface area contributed by atoms with Crippen molar-refractivity contribution in [2.24, 2.45) is 7.05 Å². The third-order valence-electron chi connectivity index (χ3n) is 4.60. The number of pyridine rings is 2. The smallest absolute Gasteiger partial charge is 0.251 e. The van der Waals surface area contributed by atoms with Gasteiger partial charge in [-0.25, -0.2) is 4.98 Å². The minimum absolute atomic E-state index is 0.152. The Kier molecular flexibility index (Phi) is 5.52. The molecule has 0 spiro atoms. The number of ether oxygens (including phenoxy) is 1. The summed E-state index contributed by atoms with van der Waals surface area (Å²) in [4.78, 5) is 21.3. The molecule has 1 aromatic carbocycles. The molecular weight excluding hydrogens is 378 g/mol. The molecule has 0 saturated carbocycles. The maximum Gasteiger partial charge on any atom is 0.251 e. The van der Waals surface area contributed by atoms with Crippen LogP contribution in [0.4, 0.5) is 0 Å². The number of aromatic nitrogens is 4. The minimum atomic E-state index is -0.291. The molecule has 0 saturated heterocycles. The Bertz CT molecular complexity index is 1160. The van der Waals surface area contributed by atoms with Gasteiger partial charge < -0.3 is 10.1 Å². The fourth-order valence-electron chi connectivity index (χ4n) is 3.06. The summed E-state index contributed by atoms with van der Waals surface area (Å²) in [5.41, 5.74) is 3.03. The third kappa shape index (κ3) is 4.35. The molecule has 0 aliphatic heterocycles. The highest BCUT2D eigenvalue weighted by atomic mass is 16.5. The number of hydrogen-bond acceptors (Lipinski definition) is 5. The number of rotatable bonds is 6. The molecule has 1 unspecified atom stereocenters. The molecular formula is C23H21N5O2. The van der Waals surface area contributed by atoms with E-state index in [0.29, 0.717) is 17.2 Å². The molecule has 30 heavy (non-hydrogen) atoms. The van der Waals surface area contributed by atoms with Crippen LogP contribution in [-0.4, -0.2) is 25.7 Å². The largest absolute Gasteiger partial charge is 0.439 e. The molecule has 0 fully saturated rings. The van der Waals surface area contributed by atoms with Gasteiger partial charge in [0.25, 0.3) is 5.91 Å². The van der Waals surface area contributed by atoms with Gasteiger partial charge in [-0.1, -0.05) is 24.3 Å². The highest BCUT2D eigenvalue weighted by Gasteiger charge is 2.17. The summed E-state index contributed by atoms with van der Waals surface area (Å²) < 4.78 is 7.78. The maximum atomic E-state index is 12.5. The van der Waals surface area contributed by atoms with Crippen molar-refractivity contribution in [3.8, 4) is 22.9 Å². The van der Waals surface area contributed by atoms with E-state index in [9.17, 15) is 4.79 Å². The summed E-state index contributed by atoms with van der Waals surface area (Å²) >= 11 is 0. The molecule has 7 heteroatoms. The van der Waals surface area contributed by atoms with Gasteiger partial charge >= 0.3 is 0 Å².